The molecule has 10 heteroatoms. The largest absolute Gasteiger partial charge is 1.00 e. The third-order valence-corrected chi connectivity index (χ3v) is 3.76. The van der Waals surface area contributed by atoms with E-state index in [1.54, 1.807) is 13.1 Å². The van der Waals surface area contributed by atoms with E-state index in [-0.39, 0.29) is 46.5 Å². The number of hydrogen-bond donors (Lipinski definition) is 0. The summed E-state index contributed by atoms with van der Waals surface area (Å²) < 4.78 is 1.43. The van der Waals surface area contributed by atoms with Gasteiger partial charge in [-0.05, 0) is 21.9 Å². The fourth-order valence-corrected chi connectivity index (χ4v) is 2.87. The molecule has 3 rings (SSSR count). The number of tetrazole rings is 1. The molecule has 0 saturated carbocycles. The summed E-state index contributed by atoms with van der Waals surface area (Å²) in [7, 11) is 1.65. The number of fused-ring (bicyclic) bond motifs is 1. The first-order valence-electron chi connectivity index (χ1n) is 4.94. The maximum absolute atomic E-state index is 11.8. The van der Waals surface area contributed by atoms with E-state index in [9.17, 15) is 14.7 Å². The standard InChI is InChI=1S/C9H7N5O3S.Na/c1-13-6(10-11-12-13)2-4-7(15)14-5(9(16)17)3-18-8(4)14;/h2-3,8H,1H3,(H,16,17);/q;+1/p-1/b4-2+;/t8-;/m1./s1. The molecule has 2 aliphatic heterocycles. The average Bonchev–Trinajstić information content (AvgIpc) is 2.90. The van der Waals surface area contributed by atoms with Crippen LogP contribution in [-0.2, 0) is 16.6 Å². The number of β-lactam (4-membered cyclic amide) rings is 1. The van der Waals surface area contributed by atoms with Crippen molar-refractivity contribution in [3.05, 3.63) is 22.5 Å². The number of aryl methyl sites for hydroxylation is 1. The van der Waals surface area contributed by atoms with Crippen LogP contribution in [0.15, 0.2) is 16.7 Å². The van der Waals surface area contributed by atoms with Crippen molar-refractivity contribution in [2.75, 3.05) is 0 Å². The van der Waals surface area contributed by atoms with Crippen molar-refractivity contribution in [2.45, 2.75) is 5.37 Å². The summed E-state index contributed by atoms with van der Waals surface area (Å²) in [5.41, 5.74) is 0.383. The smallest absolute Gasteiger partial charge is 0.543 e. The predicted molar refractivity (Wildman–Crippen MR) is 58.1 cm³/mol. The number of carboxylic acids is 1. The summed E-state index contributed by atoms with van der Waals surface area (Å²) >= 11 is 1.24. The second-order valence-corrected chi connectivity index (χ2v) is 4.67. The van der Waals surface area contributed by atoms with Gasteiger partial charge < -0.3 is 9.90 Å². The van der Waals surface area contributed by atoms with Gasteiger partial charge in [0.05, 0.1) is 17.2 Å². The van der Waals surface area contributed by atoms with Crippen LogP contribution in [0.1, 0.15) is 5.82 Å². The fraction of sp³-hybridized carbons (Fsp3) is 0.222. The zero-order valence-corrected chi connectivity index (χ0v) is 12.9. The van der Waals surface area contributed by atoms with Gasteiger partial charge in [-0.2, -0.15) is 0 Å². The Kier molecular flexibility index (Phi) is 3.81. The molecule has 3 heterocycles. The maximum Gasteiger partial charge on any atom is 1.00 e. The molecule has 0 radical (unpaired) electrons. The van der Waals surface area contributed by atoms with Crippen molar-refractivity contribution < 1.29 is 44.3 Å². The van der Waals surface area contributed by atoms with E-state index in [0.29, 0.717) is 11.4 Å². The summed E-state index contributed by atoms with van der Waals surface area (Å²) in [6.07, 6.45) is 1.56. The zero-order chi connectivity index (χ0) is 12.9. The van der Waals surface area contributed by atoms with Gasteiger partial charge in [0.2, 0.25) is 0 Å². The van der Waals surface area contributed by atoms with E-state index in [1.165, 1.54) is 26.8 Å². The number of aromatic nitrogens is 4. The Morgan fingerprint density at radius 3 is 2.89 bits per heavy atom. The normalized spacial score (nSPS) is 22.7. The number of carboxylic acid groups (broad SMARTS) is 1. The van der Waals surface area contributed by atoms with Crippen molar-refractivity contribution >= 4 is 29.7 Å². The van der Waals surface area contributed by atoms with Gasteiger partial charge in [-0.1, -0.05) is 0 Å². The summed E-state index contributed by atoms with van der Waals surface area (Å²) in [5.74, 6) is -1.26. The molecule has 1 atom stereocenters. The van der Waals surface area contributed by atoms with Crippen molar-refractivity contribution in [2.24, 2.45) is 7.05 Å². The van der Waals surface area contributed by atoms with E-state index < -0.39 is 5.97 Å². The Morgan fingerprint density at radius 2 is 2.32 bits per heavy atom. The van der Waals surface area contributed by atoms with Crippen LogP contribution in [0.4, 0.5) is 0 Å². The van der Waals surface area contributed by atoms with E-state index in [4.69, 9.17) is 0 Å². The minimum Gasteiger partial charge on any atom is -0.543 e. The maximum atomic E-state index is 11.8. The molecule has 0 bridgehead atoms. The first-order valence-corrected chi connectivity index (χ1v) is 5.88. The van der Waals surface area contributed by atoms with Crippen LogP contribution in [0.25, 0.3) is 6.08 Å². The molecule has 19 heavy (non-hydrogen) atoms. The molecule has 1 aromatic rings. The molecule has 0 unspecified atom stereocenters. The molecule has 8 nitrogen and oxygen atoms in total. The van der Waals surface area contributed by atoms with Crippen LogP contribution in [0, 0.1) is 0 Å². The van der Waals surface area contributed by atoms with Gasteiger partial charge in [0.15, 0.2) is 5.82 Å². The molecule has 1 saturated heterocycles. The number of hydrogen-bond acceptors (Lipinski definition) is 7. The SMILES string of the molecule is Cn1nnnc1/C=C1\C(=O)N2C(C(=O)[O-])=CS[C@H]12.[Na+]. The summed E-state index contributed by atoms with van der Waals surface area (Å²) in [6, 6.07) is 0. The van der Waals surface area contributed by atoms with Gasteiger partial charge in [-0.3, -0.25) is 9.69 Å². The Morgan fingerprint density at radius 1 is 1.58 bits per heavy atom. The van der Waals surface area contributed by atoms with Crippen LogP contribution < -0.4 is 34.7 Å². The van der Waals surface area contributed by atoms with Gasteiger partial charge in [0, 0.05) is 7.05 Å². The van der Waals surface area contributed by atoms with Gasteiger partial charge >= 0.3 is 29.6 Å². The molecule has 0 aromatic carbocycles. The van der Waals surface area contributed by atoms with Crippen molar-refractivity contribution in [3.8, 4) is 0 Å². The second-order valence-electron chi connectivity index (χ2n) is 3.71. The summed E-state index contributed by atoms with van der Waals surface area (Å²) in [5, 5.41) is 22.7. The Hall–Kier alpha value is -1.16. The second kappa shape index (κ2) is 5.08. The van der Waals surface area contributed by atoms with Gasteiger partial charge in [-0.15, -0.1) is 16.9 Å². The molecule has 92 valence electrons. The average molecular weight is 287 g/mol. The quantitative estimate of drug-likeness (QED) is 0.305. The molecule has 2 aliphatic rings. The third-order valence-electron chi connectivity index (χ3n) is 2.68. The van der Waals surface area contributed by atoms with Crippen molar-refractivity contribution in [3.63, 3.8) is 0 Å². The zero-order valence-electron chi connectivity index (χ0n) is 10.1. The van der Waals surface area contributed by atoms with Crippen molar-refractivity contribution in [1.29, 1.82) is 0 Å². The Balaban J connectivity index is 0.00000133. The van der Waals surface area contributed by atoms with Gasteiger partial charge in [0.1, 0.15) is 5.37 Å². The number of aliphatic carboxylic acids is 1. The molecule has 1 aromatic heterocycles. The number of carbonyl (C=O) groups is 2. The van der Waals surface area contributed by atoms with Crippen molar-refractivity contribution in [1.82, 2.24) is 25.1 Å². The topological polar surface area (TPSA) is 104 Å². The first kappa shape index (κ1) is 14.3. The molecule has 1 fully saturated rings. The minimum absolute atomic E-state index is 0. The van der Waals surface area contributed by atoms with E-state index in [1.807, 2.05) is 0 Å². The molecule has 0 N–H and O–H groups in total. The number of carbonyl (C=O) groups excluding carboxylic acids is 2. The van der Waals surface area contributed by atoms with E-state index in [0.717, 1.165) is 0 Å². The van der Waals surface area contributed by atoms with Crippen LogP contribution >= 0.6 is 11.8 Å². The fourth-order valence-electron chi connectivity index (χ4n) is 1.76. The molecular formula is C9H6N5NaO3S. The molecule has 0 aliphatic carbocycles. The number of thioether (sulfide) groups is 1. The van der Waals surface area contributed by atoms with Crippen LogP contribution in [0.5, 0.6) is 0 Å². The van der Waals surface area contributed by atoms with E-state index in [2.05, 4.69) is 15.5 Å². The molecule has 1 amide bonds. The summed E-state index contributed by atoms with van der Waals surface area (Å²) in [4.78, 5) is 23.8. The third kappa shape index (κ3) is 2.12. The van der Waals surface area contributed by atoms with Gasteiger partial charge in [0.25, 0.3) is 5.91 Å². The number of nitrogens with zero attached hydrogens (tertiary/aromatic N) is 5. The molecule has 0 spiro atoms. The van der Waals surface area contributed by atoms with Gasteiger partial charge in [-0.25, -0.2) is 4.68 Å². The predicted octanol–water partition coefficient (Wildman–Crippen LogP) is -4.90. The summed E-state index contributed by atoms with van der Waals surface area (Å²) in [6.45, 7) is 0. The Labute approximate surface area is 133 Å². The van der Waals surface area contributed by atoms with Crippen LogP contribution in [0.2, 0.25) is 0 Å². The monoisotopic (exact) mass is 287 g/mol. The van der Waals surface area contributed by atoms with E-state index >= 15 is 0 Å². The van der Waals surface area contributed by atoms with Crippen LogP contribution in [-0.4, -0.2) is 42.4 Å². The number of rotatable bonds is 2. The first-order chi connectivity index (χ1) is 8.59. The molecular weight excluding hydrogens is 281 g/mol. The van der Waals surface area contributed by atoms with Crippen LogP contribution in [0.3, 0.4) is 0 Å². The number of amides is 1. The Bertz CT molecular complexity index is 625. The minimum atomic E-state index is -1.35.